The lowest BCUT2D eigenvalue weighted by molar-refractivity contribution is -0.118. The highest BCUT2D eigenvalue weighted by Gasteiger charge is 2.13. The van der Waals surface area contributed by atoms with Crippen molar-refractivity contribution in [2.75, 3.05) is 12.3 Å². The Morgan fingerprint density at radius 3 is 2.65 bits per heavy atom. The van der Waals surface area contributed by atoms with Crippen LogP contribution in [0.3, 0.4) is 0 Å². The van der Waals surface area contributed by atoms with Gasteiger partial charge in [-0.15, -0.1) is 10.2 Å². The molecule has 0 atom stereocenters. The van der Waals surface area contributed by atoms with E-state index in [4.69, 9.17) is 0 Å². The summed E-state index contributed by atoms with van der Waals surface area (Å²) in [7, 11) is 1.87. The van der Waals surface area contributed by atoms with Crippen molar-refractivity contribution in [3.8, 4) is 0 Å². The molecular formula is C19H20N4O2S. The van der Waals surface area contributed by atoms with Gasteiger partial charge in [-0.1, -0.05) is 48.2 Å². The van der Waals surface area contributed by atoms with Gasteiger partial charge >= 0.3 is 0 Å². The fourth-order valence-electron chi connectivity index (χ4n) is 2.61. The first-order valence-corrected chi connectivity index (χ1v) is 9.30. The van der Waals surface area contributed by atoms with E-state index in [2.05, 4.69) is 15.5 Å². The molecule has 0 saturated heterocycles. The molecular weight excluding hydrogens is 348 g/mol. The van der Waals surface area contributed by atoms with Crippen molar-refractivity contribution >= 4 is 34.2 Å². The van der Waals surface area contributed by atoms with Gasteiger partial charge in [0.1, 0.15) is 5.82 Å². The standard InChI is InChI=1S/C19H20N4O2S/c1-13(24)20-10-9-18-21-22-19(23(18)2)26-12-17(25)16-8-7-14-5-3-4-6-15(14)11-16/h3-8,11H,9-10,12H2,1-2H3,(H,20,24). The Bertz CT molecular complexity index is 952. The summed E-state index contributed by atoms with van der Waals surface area (Å²) in [5, 5.41) is 13.9. The lowest BCUT2D eigenvalue weighted by atomic mass is 10.1. The summed E-state index contributed by atoms with van der Waals surface area (Å²) >= 11 is 1.37. The highest BCUT2D eigenvalue weighted by molar-refractivity contribution is 7.99. The Morgan fingerprint density at radius 2 is 1.88 bits per heavy atom. The molecule has 2 aromatic carbocycles. The van der Waals surface area contributed by atoms with Crippen LogP contribution in [0.2, 0.25) is 0 Å². The number of nitrogens with zero attached hydrogens (tertiary/aromatic N) is 3. The normalized spacial score (nSPS) is 10.8. The minimum Gasteiger partial charge on any atom is -0.356 e. The first kappa shape index (κ1) is 18.1. The zero-order valence-corrected chi connectivity index (χ0v) is 15.5. The highest BCUT2D eigenvalue weighted by Crippen LogP contribution is 2.20. The SMILES string of the molecule is CC(=O)NCCc1nnc(SCC(=O)c2ccc3ccccc3c2)n1C. The summed E-state index contributed by atoms with van der Waals surface area (Å²) in [6.07, 6.45) is 0.599. The van der Waals surface area contributed by atoms with Crippen molar-refractivity contribution in [3.05, 3.63) is 53.9 Å². The van der Waals surface area contributed by atoms with Gasteiger partial charge in [0, 0.05) is 32.5 Å². The molecule has 7 heteroatoms. The van der Waals surface area contributed by atoms with E-state index in [0.29, 0.717) is 29.4 Å². The molecule has 0 aliphatic heterocycles. The van der Waals surface area contributed by atoms with E-state index in [1.165, 1.54) is 18.7 Å². The topological polar surface area (TPSA) is 76.9 Å². The third kappa shape index (κ3) is 4.29. The monoisotopic (exact) mass is 368 g/mol. The van der Waals surface area contributed by atoms with E-state index in [1.54, 1.807) is 0 Å². The molecule has 0 spiro atoms. The zero-order chi connectivity index (χ0) is 18.5. The van der Waals surface area contributed by atoms with E-state index in [9.17, 15) is 9.59 Å². The summed E-state index contributed by atoms with van der Waals surface area (Å²) in [5.74, 6) is 1.07. The molecule has 1 aromatic heterocycles. The van der Waals surface area contributed by atoms with E-state index in [-0.39, 0.29) is 11.7 Å². The van der Waals surface area contributed by atoms with Gasteiger partial charge in [0.25, 0.3) is 0 Å². The van der Waals surface area contributed by atoms with Crippen LogP contribution in [0.5, 0.6) is 0 Å². The number of ketones is 1. The maximum atomic E-state index is 12.5. The van der Waals surface area contributed by atoms with Crippen LogP contribution in [0.1, 0.15) is 23.1 Å². The molecule has 3 rings (SSSR count). The van der Waals surface area contributed by atoms with Gasteiger partial charge < -0.3 is 9.88 Å². The number of hydrogen-bond acceptors (Lipinski definition) is 5. The number of carbonyl (C=O) groups is 2. The molecule has 1 amide bonds. The average Bonchev–Trinajstić information content (AvgIpc) is 2.99. The van der Waals surface area contributed by atoms with Crippen LogP contribution in [0.25, 0.3) is 10.8 Å². The van der Waals surface area contributed by atoms with E-state index < -0.39 is 0 Å². The Hall–Kier alpha value is -2.67. The van der Waals surface area contributed by atoms with Gasteiger partial charge in [0.05, 0.1) is 5.75 Å². The number of Topliss-reactive ketones (excluding diaryl/α,β-unsaturated/α-hetero) is 1. The fraction of sp³-hybridized carbons (Fsp3) is 0.263. The predicted octanol–water partition coefficient (Wildman–Crippen LogP) is 2.62. The molecule has 1 heterocycles. The summed E-state index contributed by atoms with van der Waals surface area (Å²) < 4.78 is 1.86. The number of aromatic nitrogens is 3. The second-order valence-corrected chi connectivity index (χ2v) is 6.91. The average molecular weight is 368 g/mol. The Kier molecular flexibility index (Phi) is 5.68. The maximum absolute atomic E-state index is 12.5. The van der Waals surface area contributed by atoms with Gasteiger partial charge in [0.2, 0.25) is 5.91 Å². The van der Waals surface area contributed by atoms with Crippen molar-refractivity contribution in [1.29, 1.82) is 0 Å². The zero-order valence-electron chi connectivity index (χ0n) is 14.7. The lowest BCUT2D eigenvalue weighted by Gasteiger charge is -2.05. The van der Waals surface area contributed by atoms with Crippen LogP contribution in [0.4, 0.5) is 0 Å². The third-order valence-corrected chi connectivity index (χ3v) is 5.07. The van der Waals surface area contributed by atoms with Gasteiger partial charge in [0.15, 0.2) is 10.9 Å². The van der Waals surface area contributed by atoms with Crippen LogP contribution in [-0.2, 0) is 18.3 Å². The van der Waals surface area contributed by atoms with E-state index in [1.807, 2.05) is 54.1 Å². The molecule has 1 N–H and O–H groups in total. The molecule has 0 radical (unpaired) electrons. The number of nitrogens with one attached hydrogen (secondary N) is 1. The molecule has 0 fully saturated rings. The maximum Gasteiger partial charge on any atom is 0.216 e. The van der Waals surface area contributed by atoms with Crippen LogP contribution >= 0.6 is 11.8 Å². The Morgan fingerprint density at radius 1 is 1.12 bits per heavy atom. The van der Waals surface area contributed by atoms with Crippen LogP contribution < -0.4 is 5.32 Å². The van der Waals surface area contributed by atoms with Gasteiger partial charge in [-0.3, -0.25) is 9.59 Å². The highest BCUT2D eigenvalue weighted by atomic mass is 32.2. The van der Waals surface area contributed by atoms with Crippen LogP contribution in [-0.4, -0.2) is 38.8 Å². The van der Waals surface area contributed by atoms with Crippen molar-refractivity contribution in [2.45, 2.75) is 18.5 Å². The van der Waals surface area contributed by atoms with Gasteiger partial charge in [-0.25, -0.2) is 0 Å². The molecule has 0 unspecified atom stereocenters. The number of amides is 1. The van der Waals surface area contributed by atoms with Crippen molar-refractivity contribution in [2.24, 2.45) is 7.05 Å². The van der Waals surface area contributed by atoms with E-state index in [0.717, 1.165) is 16.6 Å². The van der Waals surface area contributed by atoms with Crippen LogP contribution in [0, 0.1) is 0 Å². The lowest BCUT2D eigenvalue weighted by Crippen LogP contribution is -2.23. The summed E-state index contributed by atoms with van der Waals surface area (Å²) in [4.78, 5) is 23.4. The molecule has 6 nitrogen and oxygen atoms in total. The van der Waals surface area contributed by atoms with Gasteiger partial charge in [-0.05, 0) is 16.8 Å². The molecule has 0 aliphatic rings. The Balaban J connectivity index is 1.62. The molecule has 0 saturated carbocycles. The first-order chi connectivity index (χ1) is 12.5. The molecule has 0 aliphatic carbocycles. The molecule has 26 heavy (non-hydrogen) atoms. The predicted molar refractivity (Wildman–Crippen MR) is 102 cm³/mol. The Labute approximate surface area is 156 Å². The molecule has 0 bridgehead atoms. The fourth-order valence-corrected chi connectivity index (χ4v) is 3.44. The molecule has 3 aromatic rings. The number of benzene rings is 2. The van der Waals surface area contributed by atoms with Crippen LogP contribution in [0.15, 0.2) is 47.6 Å². The number of fused-ring (bicyclic) bond motifs is 1. The third-order valence-electron chi connectivity index (χ3n) is 4.05. The summed E-state index contributed by atoms with van der Waals surface area (Å²) in [6, 6.07) is 13.7. The smallest absolute Gasteiger partial charge is 0.216 e. The second-order valence-electron chi connectivity index (χ2n) is 5.96. The quantitative estimate of drug-likeness (QED) is 0.512. The summed E-state index contributed by atoms with van der Waals surface area (Å²) in [6.45, 7) is 2.00. The van der Waals surface area contributed by atoms with Crippen molar-refractivity contribution < 1.29 is 9.59 Å². The summed E-state index contributed by atoms with van der Waals surface area (Å²) in [5.41, 5.74) is 0.698. The van der Waals surface area contributed by atoms with E-state index >= 15 is 0 Å². The largest absolute Gasteiger partial charge is 0.356 e. The number of thioether (sulfide) groups is 1. The van der Waals surface area contributed by atoms with Crippen molar-refractivity contribution in [3.63, 3.8) is 0 Å². The molecule has 134 valence electrons. The number of carbonyl (C=O) groups excluding carboxylic acids is 2. The minimum absolute atomic E-state index is 0.0588. The van der Waals surface area contributed by atoms with Gasteiger partial charge in [-0.2, -0.15) is 0 Å². The number of hydrogen-bond donors (Lipinski definition) is 1. The van der Waals surface area contributed by atoms with Crippen molar-refractivity contribution in [1.82, 2.24) is 20.1 Å². The second kappa shape index (κ2) is 8.14. The number of rotatable bonds is 7. The first-order valence-electron chi connectivity index (χ1n) is 8.32. The minimum atomic E-state index is -0.0669.